The Morgan fingerprint density at radius 3 is 2.39 bits per heavy atom. The molecule has 0 aromatic carbocycles. The molecule has 0 saturated carbocycles. The second kappa shape index (κ2) is 17.0. The lowest BCUT2D eigenvalue weighted by Crippen LogP contribution is -2.50. The number of ether oxygens (including phenoxy) is 2. The van der Waals surface area contributed by atoms with Crippen LogP contribution < -0.4 is 10.6 Å². The van der Waals surface area contributed by atoms with E-state index in [4.69, 9.17) is 15.9 Å². The van der Waals surface area contributed by atoms with Crippen molar-refractivity contribution in [2.45, 2.75) is 103 Å². The van der Waals surface area contributed by atoms with E-state index in [2.05, 4.69) is 21.5 Å². The molecule has 2 N–H and O–H groups in total. The van der Waals surface area contributed by atoms with E-state index >= 15 is 0 Å². The molecular formula is C26H46N4O4S2. The van der Waals surface area contributed by atoms with Gasteiger partial charge in [-0.1, -0.05) is 34.4 Å². The average Bonchev–Trinajstić information content (AvgIpc) is 3.26. The van der Waals surface area contributed by atoms with Gasteiger partial charge < -0.3 is 14.8 Å². The van der Waals surface area contributed by atoms with E-state index in [1.54, 1.807) is 41.5 Å². The number of nitrogens with zero attached hydrogens (tertiary/aromatic N) is 2. The van der Waals surface area contributed by atoms with Gasteiger partial charge in [0, 0.05) is 30.5 Å². The molecule has 0 spiro atoms. The van der Waals surface area contributed by atoms with Gasteiger partial charge in [-0.25, -0.2) is 14.5 Å². The molecule has 1 fully saturated rings. The van der Waals surface area contributed by atoms with Crippen molar-refractivity contribution < 1.29 is 19.1 Å². The van der Waals surface area contributed by atoms with Crippen molar-refractivity contribution in [2.75, 3.05) is 31.9 Å². The first-order chi connectivity index (χ1) is 16.9. The summed E-state index contributed by atoms with van der Waals surface area (Å²) in [6.45, 7) is 12.9. The van der Waals surface area contributed by atoms with Crippen molar-refractivity contribution in [2.24, 2.45) is 4.99 Å². The van der Waals surface area contributed by atoms with Crippen LogP contribution in [0.4, 0.5) is 9.59 Å². The van der Waals surface area contributed by atoms with E-state index in [1.165, 1.54) is 36.3 Å². The molecule has 36 heavy (non-hydrogen) atoms. The van der Waals surface area contributed by atoms with Gasteiger partial charge in [-0.3, -0.25) is 10.3 Å². The molecule has 1 aliphatic heterocycles. The predicted octanol–water partition coefficient (Wildman–Crippen LogP) is 5.82. The summed E-state index contributed by atoms with van der Waals surface area (Å²) in [4.78, 5) is 31.3. The zero-order valence-electron chi connectivity index (χ0n) is 23.0. The Kier molecular flexibility index (Phi) is 15.4. The van der Waals surface area contributed by atoms with E-state index in [0.29, 0.717) is 25.9 Å². The molecule has 0 aromatic rings. The number of amides is 2. The highest BCUT2D eigenvalue weighted by Crippen LogP contribution is 2.39. The quantitative estimate of drug-likeness (QED) is 0.106. The minimum atomic E-state index is -0.699. The van der Waals surface area contributed by atoms with Gasteiger partial charge in [0.1, 0.15) is 11.2 Å². The zero-order valence-corrected chi connectivity index (χ0v) is 24.6. The maximum atomic E-state index is 13.0. The molecule has 1 saturated heterocycles. The van der Waals surface area contributed by atoms with E-state index in [-0.39, 0.29) is 12.5 Å². The largest absolute Gasteiger partial charge is 0.444 e. The van der Waals surface area contributed by atoms with Gasteiger partial charge in [-0.05, 0) is 73.8 Å². The molecule has 1 atom stereocenters. The Morgan fingerprint density at radius 2 is 1.78 bits per heavy atom. The fourth-order valence-corrected chi connectivity index (χ4v) is 6.28. The van der Waals surface area contributed by atoms with Gasteiger partial charge in [-0.2, -0.15) is 0 Å². The molecule has 1 heterocycles. The van der Waals surface area contributed by atoms with Crippen LogP contribution in [0.2, 0.25) is 0 Å². The second-order valence-corrected chi connectivity index (χ2v) is 13.5. The number of carbonyl (C=O) groups is 2. The predicted molar refractivity (Wildman–Crippen MR) is 152 cm³/mol. The Hall–Kier alpha value is -1.57. The van der Waals surface area contributed by atoms with Crippen molar-refractivity contribution in [3.8, 4) is 12.3 Å². The fraction of sp³-hybridized carbons (Fsp3) is 0.808. The maximum absolute atomic E-state index is 13.0. The van der Waals surface area contributed by atoms with Crippen LogP contribution in [0.15, 0.2) is 4.99 Å². The molecule has 2 amide bonds. The van der Waals surface area contributed by atoms with Gasteiger partial charge >= 0.3 is 12.2 Å². The Bertz CT molecular complexity index is 736. The number of alkyl carbamates (subject to hydrolysis) is 1. The number of hydrogen-bond donors (Lipinski definition) is 2. The Labute approximate surface area is 226 Å². The smallest absolute Gasteiger partial charge is 0.417 e. The lowest BCUT2D eigenvalue weighted by molar-refractivity contribution is 0.0357. The number of guanidine groups is 1. The molecule has 10 heteroatoms. The Morgan fingerprint density at radius 1 is 1.06 bits per heavy atom. The molecule has 1 aliphatic rings. The third kappa shape index (κ3) is 16.2. The van der Waals surface area contributed by atoms with Crippen LogP contribution in [0.25, 0.3) is 0 Å². The van der Waals surface area contributed by atoms with Gasteiger partial charge in [-0.15, -0.1) is 12.3 Å². The molecule has 206 valence electrons. The summed E-state index contributed by atoms with van der Waals surface area (Å²) in [5.74, 6) is 3.96. The number of unbranched alkanes of at least 4 members (excludes halogenated alkanes) is 3. The number of carbonyl (C=O) groups excluding carboxylic acids is 2. The third-order valence-corrected chi connectivity index (χ3v) is 7.85. The lowest BCUT2D eigenvalue weighted by atomic mass is 10.1. The highest BCUT2D eigenvalue weighted by molar-refractivity contribution is 8.77. The minimum absolute atomic E-state index is 0.101. The summed E-state index contributed by atoms with van der Waals surface area (Å²) < 4.78 is 10.9. The number of aliphatic imine (C=N–C) groups is 1. The minimum Gasteiger partial charge on any atom is -0.444 e. The van der Waals surface area contributed by atoms with E-state index < -0.39 is 23.4 Å². The van der Waals surface area contributed by atoms with Crippen LogP contribution in [-0.2, 0) is 9.47 Å². The average molecular weight is 543 g/mol. The summed E-state index contributed by atoms with van der Waals surface area (Å²) in [5, 5.41) is 6.88. The summed E-state index contributed by atoms with van der Waals surface area (Å²) in [6, 6.07) is 0. The first kappa shape index (κ1) is 32.5. The summed E-state index contributed by atoms with van der Waals surface area (Å²) in [5.41, 5.74) is -1.39. The van der Waals surface area contributed by atoms with Gasteiger partial charge in [0.2, 0.25) is 5.96 Å². The van der Waals surface area contributed by atoms with Gasteiger partial charge in [0.25, 0.3) is 0 Å². The first-order valence-electron chi connectivity index (χ1n) is 12.9. The highest BCUT2D eigenvalue weighted by Gasteiger charge is 2.28. The summed E-state index contributed by atoms with van der Waals surface area (Å²) in [7, 11) is 4.04. The van der Waals surface area contributed by atoms with Crippen LogP contribution in [0.5, 0.6) is 0 Å². The molecule has 8 nitrogen and oxygen atoms in total. The number of rotatable bonds is 12. The van der Waals surface area contributed by atoms with Crippen LogP contribution in [0, 0.1) is 12.3 Å². The lowest BCUT2D eigenvalue weighted by Gasteiger charge is -2.29. The van der Waals surface area contributed by atoms with Gasteiger partial charge in [0.05, 0.1) is 6.54 Å². The number of nitrogens with one attached hydrogen (secondary N) is 2. The Balaban J connectivity index is 2.69. The van der Waals surface area contributed by atoms with Crippen LogP contribution in [0.3, 0.4) is 0 Å². The highest BCUT2D eigenvalue weighted by atomic mass is 33.1. The van der Waals surface area contributed by atoms with Crippen LogP contribution in [0.1, 0.15) is 86.5 Å². The monoisotopic (exact) mass is 542 g/mol. The molecule has 0 aromatic heterocycles. The van der Waals surface area contributed by atoms with E-state index in [9.17, 15) is 9.59 Å². The second-order valence-electron chi connectivity index (χ2n) is 10.7. The first-order valence-corrected chi connectivity index (χ1v) is 15.3. The number of hydrogen-bond acceptors (Lipinski definition) is 8. The fourth-order valence-electron chi connectivity index (χ4n) is 3.26. The summed E-state index contributed by atoms with van der Waals surface area (Å²) in [6.07, 6.45) is 11.4. The van der Waals surface area contributed by atoms with Crippen molar-refractivity contribution >= 4 is 39.7 Å². The molecular weight excluding hydrogens is 496 g/mol. The molecule has 0 bridgehead atoms. The third-order valence-electron chi connectivity index (χ3n) is 4.84. The SMILES string of the molecule is C#CCCCN(C(=O)OC(C)(C)C)C(=NCCNCCCCCC1CCSS1)NC(=O)OC(C)(C)C. The van der Waals surface area contributed by atoms with Crippen LogP contribution >= 0.6 is 21.6 Å². The van der Waals surface area contributed by atoms with Crippen molar-refractivity contribution in [1.29, 1.82) is 0 Å². The normalized spacial score (nSPS) is 16.4. The molecule has 0 aliphatic carbocycles. The topological polar surface area (TPSA) is 92.3 Å². The molecule has 0 radical (unpaired) electrons. The van der Waals surface area contributed by atoms with E-state index in [1.807, 2.05) is 21.6 Å². The van der Waals surface area contributed by atoms with Crippen molar-refractivity contribution in [1.82, 2.24) is 15.5 Å². The van der Waals surface area contributed by atoms with Gasteiger partial charge in [0.15, 0.2) is 0 Å². The van der Waals surface area contributed by atoms with E-state index in [0.717, 1.165) is 18.2 Å². The van der Waals surface area contributed by atoms with Crippen molar-refractivity contribution in [3.05, 3.63) is 0 Å². The maximum Gasteiger partial charge on any atom is 0.417 e. The standard InChI is InChI=1S/C26H46N4O4S2/c1-8-9-13-19-30(24(32)34-26(5,6)7)22(29-23(31)33-25(2,3)4)28-18-17-27-16-12-10-11-14-21-15-20-35-36-21/h1,21,27H,9-20H2,2-7H3,(H,28,29,31). The molecule has 1 rings (SSSR count). The van der Waals surface area contributed by atoms with Crippen LogP contribution in [-0.4, -0.2) is 71.4 Å². The van der Waals surface area contributed by atoms with Crippen molar-refractivity contribution in [3.63, 3.8) is 0 Å². The zero-order chi connectivity index (χ0) is 27.0. The summed E-state index contributed by atoms with van der Waals surface area (Å²) >= 11 is 0. The molecule has 1 unspecified atom stereocenters. The number of terminal acetylenes is 1.